The molecule has 0 aromatic carbocycles. The molecule has 0 aromatic heterocycles. The molecule has 6 atom stereocenters. The van der Waals surface area contributed by atoms with E-state index in [-0.39, 0.29) is 24.1 Å². The number of aliphatic hydroxyl groups excluding tert-OH is 2. The standard InChI is InChI=1S/C19H36O5/c1-7-12(2)10-14(20)16-11-15(21)17(24-16)13(3)8-9-23-18(22)19(4,5)6/h12-17,20-21H,7-11H2,1-6H3/t12-,13-,14-,15-,16-,17?/m0/s1. The molecule has 1 aliphatic heterocycles. The summed E-state index contributed by atoms with van der Waals surface area (Å²) in [5.74, 6) is 0.284. The van der Waals surface area contributed by atoms with Gasteiger partial charge in [0.2, 0.25) is 0 Å². The number of carbonyl (C=O) groups excluding carboxylic acids is 1. The Labute approximate surface area is 146 Å². The highest BCUT2D eigenvalue weighted by molar-refractivity contribution is 5.75. The zero-order valence-electron chi connectivity index (χ0n) is 16.1. The van der Waals surface area contributed by atoms with Gasteiger partial charge in [-0.15, -0.1) is 0 Å². The van der Waals surface area contributed by atoms with Crippen molar-refractivity contribution in [2.24, 2.45) is 17.3 Å². The highest BCUT2D eigenvalue weighted by Crippen LogP contribution is 2.31. The number of rotatable bonds is 8. The zero-order chi connectivity index (χ0) is 18.5. The minimum Gasteiger partial charge on any atom is -0.465 e. The Morgan fingerprint density at radius 2 is 1.96 bits per heavy atom. The Morgan fingerprint density at radius 3 is 2.50 bits per heavy atom. The molecular weight excluding hydrogens is 308 g/mol. The van der Waals surface area contributed by atoms with Gasteiger partial charge in [-0.1, -0.05) is 27.2 Å². The van der Waals surface area contributed by atoms with E-state index in [0.717, 1.165) is 6.42 Å². The van der Waals surface area contributed by atoms with E-state index in [1.54, 1.807) is 0 Å². The molecule has 1 aliphatic rings. The third kappa shape index (κ3) is 6.34. The first-order valence-corrected chi connectivity index (χ1v) is 9.25. The van der Waals surface area contributed by atoms with Gasteiger partial charge in [0, 0.05) is 6.42 Å². The molecule has 0 bridgehead atoms. The van der Waals surface area contributed by atoms with Crippen molar-refractivity contribution in [2.45, 2.75) is 91.6 Å². The number of hydrogen-bond donors (Lipinski definition) is 2. The van der Waals surface area contributed by atoms with Crippen LogP contribution in [0.4, 0.5) is 0 Å². The molecule has 0 spiro atoms. The van der Waals surface area contributed by atoms with Crippen LogP contribution in [-0.2, 0) is 14.3 Å². The van der Waals surface area contributed by atoms with Crippen molar-refractivity contribution < 1.29 is 24.5 Å². The summed E-state index contributed by atoms with van der Waals surface area (Å²) in [7, 11) is 0. The second-order valence-electron chi connectivity index (χ2n) is 8.41. The molecule has 5 heteroatoms. The fourth-order valence-corrected chi connectivity index (χ4v) is 2.93. The Kier molecular flexibility index (Phi) is 8.16. The van der Waals surface area contributed by atoms with Crippen molar-refractivity contribution in [3.63, 3.8) is 0 Å². The average molecular weight is 344 g/mol. The summed E-state index contributed by atoms with van der Waals surface area (Å²) < 4.78 is 11.2. The number of aliphatic hydroxyl groups is 2. The minimum atomic E-state index is -0.574. The van der Waals surface area contributed by atoms with Gasteiger partial charge in [0.15, 0.2) is 0 Å². The highest BCUT2D eigenvalue weighted by Gasteiger charge is 2.40. The Morgan fingerprint density at radius 1 is 1.33 bits per heavy atom. The van der Waals surface area contributed by atoms with Gasteiger partial charge in [0.05, 0.1) is 36.4 Å². The van der Waals surface area contributed by atoms with E-state index in [2.05, 4.69) is 13.8 Å². The van der Waals surface area contributed by atoms with Crippen LogP contribution in [0.5, 0.6) is 0 Å². The summed E-state index contributed by atoms with van der Waals surface area (Å²) >= 11 is 0. The molecule has 24 heavy (non-hydrogen) atoms. The fraction of sp³-hybridized carbons (Fsp3) is 0.947. The van der Waals surface area contributed by atoms with Crippen molar-refractivity contribution >= 4 is 5.97 Å². The molecule has 0 saturated carbocycles. The number of hydrogen-bond acceptors (Lipinski definition) is 5. The molecule has 1 saturated heterocycles. The summed E-state index contributed by atoms with van der Waals surface area (Å²) in [5.41, 5.74) is -0.502. The lowest BCUT2D eigenvalue weighted by Crippen LogP contribution is -2.31. The van der Waals surface area contributed by atoms with E-state index in [9.17, 15) is 15.0 Å². The van der Waals surface area contributed by atoms with Gasteiger partial charge in [0.25, 0.3) is 0 Å². The molecule has 1 unspecified atom stereocenters. The maximum Gasteiger partial charge on any atom is 0.311 e. The quantitative estimate of drug-likeness (QED) is 0.662. The van der Waals surface area contributed by atoms with Crippen LogP contribution < -0.4 is 0 Å². The second-order valence-corrected chi connectivity index (χ2v) is 8.41. The maximum atomic E-state index is 11.8. The van der Waals surface area contributed by atoms with Crippen molar-refractivity contribution in [3.8, 4) is 0 Å². The van der Waals surface area contributed by atoms with Crippen LogP contribution in [0, 0.1) is 17.3 Å². The smallest absolute Gasteiger partial charge is 0.311 e. The molecule has 0 aliphatic carbocycles. The van der Waals surface area contributed by atoms with Crippen LogP contribution >= 0.6 is 0 Å². The Bertz CT molecular complexity index is 390. The molecule has 1 heterocycles. The van der Waals surface area contributed by atoms with Crippen LogP contribution in [0.1, 0.15) is 67.2 Å². The molecule has 1 rings (SSSR count). The predicted molar refractivity (Wildman–Crippen MR) is 93.6 cm³/mol. The first-order valence-electron chi connectivity index (χ1n) is 9.25. The minimum absolute atomic E-state index is 0.0635. The number of esters is 1. The van der Waals surface area contributed by atoms with Gasteiger partial charge in [-0.05, 0) is 45.4 Å². The van der Waals surface area contributed by atoms with Crippen molar-refractivity contribution in [1.82, 2.24) is 0 Å². The lowest BCUT2D eigenvalue weighted by molar-refractivity contribution is -0.153. The fourth-order valence-electron chi connectivity index (χ4n) is 2.93. The second kappa shape index (κ2) is 9.16. The van der Waals surface area contributed by atoms with Gasteiger partial charge < -0.3 is 19.7 Å². The number of carbonyl (C=O) groups is 1. The largest absolute Gasteiger partial charge is 0.465 e. The maximum absolute atomic E-state index is 11.8. The summed E-state index contributed by atoms with van der Waals surface area (Å²) in [4.78, 5) is 11.8. The van der Waals surface area contributed by atoms with E-state index in [0.29, 0.717) is 31.8 Å². The highest BCUT2D eigenvalue weighted by atomic mass is 16.5. The molecule has 1 fully saturated rings. The predicted octanol–water partition coefficient (Wildman–Crippen LogP) is 2.92. The molecule has 0 radical (unpaired) electrons. The third-order valence-corrected chi connectivity index (χ3v) is 4.93. The molecule has 5 nitrogen and oxygen atoms in total. The number of ether oxygens (including phenoxy) is 2. The summed E-state index contributed by atoms with van der Waals surface area (Å²) in [5, 5.41) is 20.6. The molecule has 142 valence electrons. The summed E-state index contributed by atoms with van der Waals surface area (Å²) in [6.45, 7) is 12.0. The van der Waals surface area contributed by atoms with Crippen LogP contribution in [0.15, 0.2) is 0 Å². The van der Waals surface area contributed by atoms with Crippen molar-refractivity contribution in [2.75, 3.05) is 6.61 Å². The van der Waals surface area contributed by atoms with E-state index >= 15 is 0 Å². The normalized spacial score (nSPS) is 28.4. The average Bonchev–Trinajstić information content (AvgIpc) is 2.88. The molecular formula is C19H36O5. The SMILES string of the molecule is CC[C@H](C)C[C@H](O)[C@@H]1C[C@H](O)C([C@@H](C)CCOC(=O)C(C)(C)C)O1. The Hall–Kier alpha value is -0.650. The van der Waals surface area contributed by atoms with Crippen molar-refractivity contribution in [1.29, 1.82) is 0 Å². The van der Waals surface area contributed by atoms with E-state index in [4.69, 9.17) is 9.47 Å². The first-order chi connectivity index (χ1) is 11.1. The van der Waals surface area contributed by atoms with Crippen LogP contribution in [0.3, 0.4) is 0 Å². The van der Waals surface area contributed by atoms with Gasteiger partial charge in [0.1, 0.15) is 0 Å². The van der Waals surface area contributed by atoms with Gasteiger partial charge in [-0.25, -0.2) is 0 Å². The summed E-state index contributed by atoms with van der Waals surface area (Å²) in [6.07, 6.45) is 1.09. The van der Waals surface area contributed by atoms with Crippen LogP contribution in [-0.4, -0.2) is 47.2 Å². The zero-order valence-corrected chi connectivity index (χ0v) is 16.1. The van der Waals surface area contributed by atoms with Crippen LogP contribution in [0.25, 0.3) is 0 Å². The van der Waals surface area contributed by atoms with Crippen LogP contribution in [0.2, 0.25) is 0 Å². The topological polar surface area (TPSA) is 76.0 Å². The lowest BCUT2D eigenvalue weighted by atomic mass is 9.94. The monoisotopic (exact) mass is 344 g/mol. The summed E-state index contributed by atoms with van der Waals surface area (Å²) in [6, 6.07) is 0. The van der Waals surface area contributed by atoms with Gasteiger partial charge >= 0.3 is 5.97 Å². The third-order valence-electron chi connectivity index (χ3n) is 4.93. The first kappa shape index (κ1) is 21.4. The van der Waals surface area contributed by atoms with E-state index < -0.39 is 17.6 Å². The molecule has 2 N–H and O–H groups in total. The lowest BCUT2D eigenvalue weighted by Gasteiger charge is -2.25. The van der Waals surface area contributed by atoms with E-state index in [1.807, 2.05) is 27.7 Å². The molecule has 0 aromatic rings. The van der Waals surface area contributed by atoms with Gasteiger partial charge in [-0.2, -0.15) is 0 Å². The Balaban J connectivity index is 2.42. The van der Waals surface area contributed by atoms with Crippen molar-refractivity contribution in [3.05, 3.63) is 0 Å². The molecule has 0 amide bonds. The van der Waals surface area contributed by atoms with E-state index in [1.165, 1.54) is 0 Å². The van der Waals surface area contributed by atoms with Gasteiger partial charge in [-0.3, -0.25) is 4.79 Å².